The fourth-order valence-corrected chi connectivity index (χ4v) is 1.20. The van der Waals surface area contributed by atoms with Crippen LogP contribution in [0.4, 0.5) is 5.82 Å². The average molecular weight is 238 g/mol. The maximum atomic E-state index is 9.09. The molecule has 1 heterocycles. The van der Waals surface area contributed by atoms with Crippen molar-refractivity contribution in [3.8, 4) is 17.4 Å². The largest absolute Gasteiger partial charge is 0.508 e. The molecule has 0 saturated heterocycles. The van der Waals surface area contributed by atoms with Gasteiger partial charge in [0.15, 0.2) is 0 Å². The first-order valence-electron chi connectivity index (χ1n) is 4.39. The van der Waals surface area contributed by atoms with Crippen LogP contribution in [-0.2, 0) is 0 Å². The van der Waals surface area contributed by atoms with E-state index in [1.165, 1.54) is 18.5 Å². The first-order chi connectivity index (χ1) is 7.66. The van der Waals surface area contributed by atoms with Crippen molar-refractivity contribution >= 4 is 17.4 Å². The normalized spacial score (nSPS) is 10.1. The molecule has 0 fully saturated rings. The van der Waals surface area contributed by atoms with Gasteiger partial charge in [0.05, 0.1) is 0 Å². The summed E-state index contributed by atoms with van der Waals surface area (Å²) >= 11 is 5.85. The van der Waals surface area contributed by atoms with Crippen molar-refractivity contribution in [2.45, 2.75) is 0 Å². The predicted molar refractivity (Wildman–Crippen MR) is 59.6 cm³/mol. The summed E-state index contributed by atoms with van der Waals surface area (Å²) in [6, 6.07) is 6.16. The highest BCUT2D eigenvalue weighted by Gasteiger charge is 2.08. The van der Waals surface area contributed by atoms with Crippen LogP contribution in [0.5, 0.6) is 17.4 Å². The second-order valence-corrected chi connectivity index (χ2v) is 3.35. The van der Waals surface area contributed by atoms with E-state index in [0.29, 0.717) is 5.75 Å². The molecule has 0 amide bonds. The number of hydrogen-bond donors (Lipinski definition) is 2. The molecule has 0 bridgehead atoms. The van der Waals surface area contributed by atoms with Crippen LogP contribution < -0.4 is 10.5 Å². The number of nitrogen functional groups attached to an aromatic ring is 1. The quantitative estimate of drug-likeness (QED) is 0.837. The lowest BCUT2D eigenvalue weighted by Gasteiger charge is -2.06. The van der Waals surface area contributed by atoms with E-state index in [0.717, 1.165) is 0 Å². The molecule has 0 spiro atoms. The number of anilines is 1. The Balaban J connectivity index is 2.27. The molecule has 0 aliphatic carbocycles. The highest BCUT2D eigenvalue weighted by Crippen LogP contribution is 2.30. The van der Waals surface area contributed by atoms with Gasteiger partial charge in [0.25, 0.3) is 0 Å². The lowest BCUT2D eigenvalue weighted by atomic mass is 10.3. The number of benzene rings is 1. The summed E-state index contributed by atoms with van der Waals surface area (Å²) in [6.07, 6.45) is 1.26. The summed E-state index contributed by atoms with van der Waals surface area (Å²) in [7, 11) is 0. The maximum Gasteiger partial charge on any atom is 0.243 e. The number of aromatic hydroxyl groups is 1. The average Bonchev–Trinajstić information content (AvgIpc) is 2.28. The zero-order valence-electron chi connectivity index (χ0n) is 8.09. The molecule has 0 unspecified atom stereocenters. The van der Waals surface area contributed by atoms with Crippen LogP contribution in [-0.4, -0.2) is 15.1 Å². The smallest absolute Gasteiger partial charge is 0.243 e. The van der Waals surface area contributed by atoms with Gasteiger partial charge in [-0.1, -0.05) is 11.6 Å². The Morgan fingerprint density at radius 3 is 2.56 bits per heavy atom. The van der Waals surface area contributed by atoms with Crippen LogP contribution in [0, 0.1) is 0 Å². The van der Waals surface area contributed by atoms with E-state index in [2.05, 4.69) is 9.97 Å². The monoisotopic (exact) mass is 237 g/mol. The molecule has 0 radical (unpaired) electrons. The van der Waals surface area contributed by atoms with Crippen LogP contribution >= 0.6 is 11.6 Å². The number of hydrogen-bond acceptors (Lipinski definition) is 5. The Bertz CT molecular complexity index is 502. The van der Waals surface area contributed by atoms with Gasteiger partial charge in [-0.3, -0.25) is 0 Å². The van der Waals surface area contributed by atoms with Gasteiger partial charge in [-0.05, 0) is 24.3 Å². The van der Waals surface area contributed by atoms with Crippen molar-refractivity contribution in [3.63, 3.8) is 0 Å². The molecular weight excluding hydrogens is 230 g/mol. The molecule has 82 valence electrons. The predicted octanol–water partition coefficient (Wildman–Crippen LogP) is 2.21. The van der Waals surface area contributed by atoms with Gasteiger partial charge in [0.2, 0.25) is 5.88 Å². The van der Waals surface area contributed by atoms with Crippen LogP contribution in [0.15, 0.2) is 30.6 Å². The third-order valence-corrected chi connectivity index (χ3v) is 2.19. The van der Waals surface area contributed by atoms with Gasteiger partial charge in [0, 0.05) is 0 Å². The van der Waals surface area contributed by atoms with Crippen LogP contribution in [0.25, 0.3) is 0 Å². The molecule has 1 aromatic heterocycles. The van der Waals surface area contributed by atoms with E-state index < -0.39 is 0 Å². The number of phenols is 1. The lowest BCUT2D eigenvalue weighted by Crippen LogP contribution is -1.96. The van der Waals surface area contributed by atoms with E-state index in [1.807, 2.05) is 0 Å². The molecule has 16 heavy (non-hydrogen) atoms. The third-order valence-electron chi connectivity index (χ3n) is 1.84. The molecule has 2 rings (SSSR count). The Labute approximate surface area is 96.5 Å². The lowest BCUT2D eigenvalue weighted by molar-refractivity contribution is 0.453. The van der Waals surface area contributed by atoms with E-state index in [1.54, 1.807) is 12.1 Å². The summed E-state index contributed by atoms with van der Waals surface area (Å²) in [5.41, 5.74) is 5.50. The Morgan fingerprint density at radius 1 is 1.19 bits per heavy atom. The molecule has 0 saturated carbocycles. The Kier molecular flexibility index (Phi) is 2.78. The summed E-state index contributed by atoms with van der Waals surface area (Å²) in [5, 5.41) is 9.26. The van der Waals surface area contributed by atoms with Gasteiger partial charge in [-0.2, -0.15) is 4.98 Å². The van der Waals surface area contributed by atoms with E-state index in [9.17, 15) is 0 Å². The maximum absolute atomic E-state index is 9.09. The Morgan fingerprint density at radius 2 is 1.88 bits per heavy atom. The summed E-state index contributed by atoms with van der Waals surface area (Å²) in [4.78, 5) is 7.56. The summed E-state index contributed by atoms with van der Waals surface area (Å²) in [6.45, 7) is 0. The van der Waals surface area contributed by atoms with E-state index >= 15 is 0 Å². The van der Waals surface area contributed by atoms with Gasteiger partial charge in [-0.25, -0.2) is 4.98 Å². The van der Waals surface area contributed by atoms with E-state index in [-0.39, 0.29) is 22.5 Å². The topological polar surface area (TPSA) is 81.3 Å². The van der Waals surface area contributed by atoms with Crippen molar-refractivity contribution in [3.05, 3.63) is 35.6 Å². The van der Waals surface area contributed by atoms with Gasteiger partial charge >= 0.3 is 0 Å². The number of nitrogens with zero attached hydrogens (tertiary/aromatic N) is 2. The van der Waals surface area contributed by atoms with Crippen LogP contribution in [0.2, 0.25) is 5.02 Å². The third kappa shape index (κ3) is 2.14. The summed E-state index contributed by atoms with van der Waals surface area (Å²) in [5.74, 6) is 0.990. The molecule has 1 aromatic carbocycles. The van der Waals surface area contributed by atoms with Crippen LogP contribution in [0.3, 0.4) is 0 Å². The number of ether oxygens (including phenoxy) is 1. The first-order valence-corrected chi connectivity index (χ1v) is 4.77. The highest BCUT2D eigenvalue weighted by molar-refractivity contribution is 6.34. The summed E-state index contributed by atoms with van der Waals surface area (Å²) < 4.78 is 5.37. The highest BCUT2D eigenvalue weighted by atomic mass is 35.5. The van der Waals surface area contributed by atoms with Crippen molar-refractivity contribution in [2.75, 3.05) is 5.73 Å². The number of phenolic OH excluding ortho intramolecular Hbond substituents is 1. The SMILES string of the molecule is Nc1ncnc(Oc2ccc(O)cc2)c1Cl. The van der Waals surface area contributed by atoms with Gasteiger partial charge in [0.1, 0.15) is 28.7 Å². The van der Waals surface area contributed by atoms with Gasteiger partial charge in [-0.15, -0.1) is 0 Å². The van der Waals surface area contributed by atoms with Crippen molar-refractivity contribution in [2.24, 2.45) is 0 Å². The molecule has 0 aliphatic heterocycles. The molecule has 5 nitrogen and oxygen atoms in total. The fraction of sp³-hybridized carbons (Fsp3) is 0. The zero-order chi connectivity index (χ0) is 11.5. The number of aromatic nitrogens is 2. The molecule has 6 heteroatoms. The van der Waals surface area contributed by atoms with Crippen molar-refractivity contribution in [1.82, 2.24) is 9.97 Å². The Hall–Kier alpha value is -2.01. The minimum absolute atomic E-state index is 0.153. The van der Waals surface area contributed by atoms with E-state index in [4.69, 9.17) is 27.2 Å². The second kappa shape index (κ2) is 4.24. The number of rotatable bonds is 2. The molecule has 3 N–H and O–H groups in total. The van der Waals surface area contributed by atoms with Crippen LogP contribution in [0.1, 0.15) is 0 Å². The standard InChI is InChI=1S/C10H8ClN3O2/c11-8-9(12)13-5-14-10(8)16-7-3-1-6(15)2-4-7/h1-5,15H,(H2,12,13,14). The molecular formula is C10H8ClN3O2. The zero-order valence-corrected chi connectivity index (χ0v) is 8.85. The van der Waals surface area contributed by atoms with Crippen molar-refractivity contribution < 1.29 is 9.84 Å². The minimum Gasteiger partial charge on any atom is -0.508 e. The minimum atomic E-state index is 0.153. The van der Waals surface area contributed by atoms with Gasteiger partial charge < -0.3 is 15.6 Å². The molecule has 0 atom stereocenters. The first kappa shape index (κ1) is 10.5. The fourth-order valence-electron chi connectivity index (χ4n) is 1.06. The molecule has 2 aromatic rings. The molecule has 0 aliphatic rings. The number of halogens is 1. The van der Waals surface area contributed by atoms with Crippen molar-refractivity contribution in [1.29, 1.82) is 0 Å². The number of nitrogens with two attached hydrogens (primary N) is 1. The second-order valence-electron chi connectivity index (χ2n) is 2.97.